The topological polar surface area (TPSA) is 95.9 Å². The van der Waals surface area contributed by atoms with Gasteiger partial charge in [0.25, 0.3) is 0 Å². The van der Waals surface area contributed by atoms with Crippen LogP contribution in [0.4, 0.5) is 4.79 Å². The first-order valence-corrected chi connectivity index (χ1v) is 12.2. The quantitative estimate of drug-likeness (QED) is 0.672. The Morgan fingerprint density at radius 3 is 2.29 bits per heavy atom. The Kier molecular flexibility index (Phi) is 6.26. The van der Waals surface area contributed by atoms with E-state index in [-0.39, 0.29) is 42.9 Å². The van der Waals surface area contributed by atoms with Crippen LogP contribution in [0, 0.1) is 5.92 Å². The predicted octanol–water partition coefficient (Wildman–Crippen LogP) is 4.16. The highest BCUT2D eigenvalue weighted by Gasteiger charge is 2.40. The summed E-state index contributed by atoms with van der Waals surface area (Å²) >= 11 is 0. The molecule has 3 aliphatic rings. The lowest BCUT2D eigenvalue weighted by Gasteiger charge is -2.29. The monoisotopic (exact) mass is 462 g/mol. The van der Waals surface area contributed by atoms with Crippen LogP contribution in [0.15, 0.2) is 48.5 Å². The minimum Gasteiger partial charge on any atom is -0.481 e. The maximum atomic E-state index is 13.2. The Labute approximate surface area is 199 Å². The average molecular weight is 463 g/mol. The number of rotatable bonds is 6. The van der Waals surface area contributed by atoms with E-state index >= 15 is 0 Å². The fraction of sp³-hybridized carbons (Fsp3) is 0.444. The van der Waals surface area contributed by atoms with E-state index in [9.17, 15) is 14.4 Å². The Bertz CT molecular complexity index is 1050. The first-order valence-electron chi connectivity index (χ1n) is 12.2. The lowest BCUT2D eigenvalue weighted by atomic mass is 9.98. The van der Waals surface area contributed by atoms with E-state index in [0.29, 0.717) is 13.0 Å². The third kappa shape index (κ3) is 4.27. The van der Waals surface area contributed by atoms with Gasteiger partial charge in [-0.15, -0.1) is 0 Å². The summed E-state index contributed by atoms with van der Waals surface area (Å²) in [5.41, 5.74) is 4.66. The maximum absolute atomic E-state index is 13.2. The summed E-state index contributed by atoms with van der Waals surface area (Å²) in [6.45, 7) is 0.822. The molecule has 2 aromatic rings. The van der Waals surface area contributed by atoms with Gasteiger partial charge in [0.05, 0.1) is 12.3 Å². The first-order chi connectivity index (χ1) is 16.5. The molecule has 34 heavy (non-hydrogen) atoms. The molecule has 2 fully saturated rings. The molecule has 7 nitrogen and oxygen atoms in total. The minimum atomic E-state index is -0.885. The molecule has 3 atom stereocenters. The zero-order valence-corrected chi connectivity index (χ0v) is 19.1. The molecule has 2 amide bonds. The summed E-state index contributed by atoms with van der Waals surface area (Å²) in [4.78, 5) is 38.9. The van der Waals surface area contributed by atoms with Crippen LogP contribution in [0.25, 0.3) is 11.1 Å². The van der Waals surface area contributed by atoms with Crippen molar-refractivity contribution < 1.29 is 24.2 Å². The zero-order chi connectivity index (χ0) is 23.7. The number of ether oxygens (including phenoxy) is 1. The number of nitrogens with zero attached hydrogens (tertiary/aromatic N) is 1. The summed E-state index contributed by atoms with van der Waals surface area (Å²) in [5.74, 6) is -1.26. The summed E-state index contributed by atoms with van der Waals surface area (Å²) in [5, 5.41) is 12.1. The largest absolute Gasteiger partial charge is 0.481 e. The van der Waals surface area contributed by atoms with Gasteiger partial charge in [-0.25, -0.2) is 4.79 Å². The summed E-state index contributed by atoms with van der Waals surface area (Å²) in [6.07, 6.45) is 3.28. The number of fused-ring (bicyclic) bond motifs is 3. The molecule has 2 N–H and O–H groups in total. The fourth-order valence-corrected chi connectivity index (χ4v) is 5.97. The van der Waals surface area contributed by atoms with E-state index in [0.717, 1.165) is 36.8 Å². The van der Waals surface area contributed by atoms with Gasteiger partial charge >= 0.3 is 12.1 Å². The van der Waals surface area contributed by atoms with Crippen molar-refractivity contribution in [3.8, 4) is 11.1 Å². The number of benzene rings is 2. The number of likely N-dealkylation sites (tertiary alicyclic amines) is 1. The van der Waals surface area contributed by atoms with Crippen LogP contribution in [-0.2, 0) is 14.3 Å². The van der Waals surface area contributed by atoms with Gasteiger partial charge in [-0.1, -0.05) is 55.0 Å². The van der Waals surface area contributed by atoms with E-state index < -0.39 is 12.1 Å². The lowest BCUT2D eigenvalue weighted by molar-refractivity contribution is -0.141. The van der Waals surface area contributed by atoms with E-state index in [4.69, 9.17) is 9.84 Å². The van der Waals surface area contributed by atoms with Gasteiger partial charge in [0.15, 0.2) is 0 Å². The molecule has 1 aliphatic heterocycles. The van der Waals surface area contributed by atoms with Crippen LogP contribution in [0.3, 0.4) is 0 Å². The highest BCUT2D eigenvalue weighted by molar-refractivity contribution is 5.82. The molecule has 0 unspecified atom stereocenters. The van der Waals surface area contributed by atoms with Crippen LogP contribution < -0.4 is 5.32 Å². The first kappa shape index (κ1) is 22.4. The smallest absolute Gasteiger partial charge is 0.407 e. The molecular weight excluding hydrogens is 432 g/mol. The zero-order valence-electron chi connectivity index (χ0n) is 19.1. The molecule has 1 saturated heterocycles. The molecule has 0 radical (unpaired) electrons. The number of amides is 2. The second kappa shape index (κ2) is 9.49. The lowest BCUT2D eigenvalue weighted by Crippen LogP contribution is -2.47. The standard InChI is InChI=1S/C27H30N2O5/c30-25(31)15-17-7-6-14-29(17)26(32)22-12-5-13-24(22)28-27(33)34-16-23-20-10-3-1-8-18(20)19-9-2-4-11-21(19)23/h1-4,8-11,17,22-24H,5-7,12-16H2,(H,28,33)(H,30,31)/t17-,22+,24-/m0/s1. The second-order valence-electron chi connectivity index (χ2n) is 9.54. The number of carbonyl (C=O) groups excluding carboxylic acids is 2. The normalized spacial score (nSPS) is 23.4. The van der Waals surface area contributed by atoms with E-state index in [1.807, 2.05) is 24.3 Å². The third-order valence-electron chi connectivity index (χ3n) is 7.55. The SMILES string of the molecule is O=C(O)C[C@@H]1CCCN1C(=O)[C@@H]1CCC[C@@H]1NC(=O)OCC1c2ccccc2-c2ccccc21. The van der Waals surface area contributed by atoms with Gasteiger partial charge in [0.2, 0.25) is 5.91 Å². The van der Waals surface area contributed by atoms with Gasteiger partial charge in [-0.2, -0.15) is 0 Å². The minimum absolute atomic E-state index is 0.0134. The van der Waals surface area contributed by atoms with Crippen molar-refractivity contribution in [2.75, 3.05) is 13.2 Å². The van der Waals surface area contributed by atoms with E-state index in [1.54, 1.807) is 4.90 Å². The number of hydrogen-bond acceptors (Lipinski definition) is 4. The molecule has 5 rings (SSSR count). The summed E-state index contributed by atoms with van der Waals surface area (Å²) in [7, 11) is 0. The van der Waals surface area contributed by atoms with Crippen LogP contribution >= 0.6 is 0 Å². The fourth-order valence-electron chi connectivity index (χ4n) is 5.97. The van der Waals surface area contributed by atoms with E-state index in [1.165, 1.54) is 11.1 Å². The highest BCUT2D eigenvalue weighted by atomic mass is 16.5. The molecule has 0 bridgehead atoms. The van der Waals surface area contributed by atoms with Crippen molar-refractivity contribution in [1.82, 2.24) is 10.2 Å². The molecule has 1 saturated carbocycles. The number of nitrogens with one attached hydrogen (secondary N) is 1. The molecular formula is C27H30N2O5. The van der Waals surface area contributed by atoms with Crippen molar-refractivity contribution in [2.45, 2.75) is 56.5 Å². The van der Waals surface area contributed by atoms with Crippen molar-refractivity contribution in [2.24, 2.45) is 5.92 Å². The van der Waals surface area contributed by atoms with Gasteiger partial charge in [0.1, 0.15) is 6.61 Å². The van der Waals surface area contributed by atoms with Crippen LogP contribution in [0.5, 0.6) is 0 Å². The van der Waals surface area contributed by atoms with Crippen LogP contribution in [0.1, 0.15) is 55.6 Å². The molecule has 178 valence electrons. The number of alkyl carbamates (subject to hydrolysis) is 1. The highest BCUT2D eigenvalue weighted by Crippen LogP contribution is 2.44. The Morgan fingerprint density at radius 2 is 1.62 bits per heavy atom. The van der Waals surface area contributed by atoms with Crippen molar-refractivity contribution in [3.63, 3.8) is 0 Å². The van der Waals surface area contributed by atoms with Crippen LogP contribution in [-0.4, -0.2) is 53.2 Å². The molecule has 7 heteroatoms. The molecule has 0 aromatic heterocycles. The van der Waals surface area contributed by atoms with Gasteiger partial charge in [-0.05, 0) is 47.9 Å². The Hall–Kier alpha value is -3.35. The number of carboxylic acids is 1. The van der Waals surface area contributed by atoms with Crippen molar-refractivity contribution >= 4 is 18.0 Å². The van der Waals surface area contributed by atoms with Gasteiger partial charge in [-0.3, -0.25) is 9.59 Å². The maximum Gasteiger partial charge on any atom is 0.407 e. The summed E-state index contributed by atoms with van der Waals surface area (Å²) in [6, 6.07) is 15.9. The average Bonchev–Trinajstić information content (AvgIpc) is 3.55. The van der Waals surface area contributed by atoms with Crippen LogP contribution in [0.2, 0.25) is 0 Å². The number of carbonyl (C=O) groups is 3. The number of carboxylic acid groups (broad SMARTS) is 1. The summed E-state index contributed by atoms with van der Waals surface area (Å²) < 4.78 is 5.68. The van der Waals surface area contributed by atoms with Gasteiger partial charge in [0, 0.05) is 24.5 Å². The van der Waals surface area contributed by atoms with Crippen molar-refractivity contribution in [3.05, 3.63) is 59.7 Å². The molecule has 2 aromatic carbocycles. The molecule has 2 aliphatic carbocycles. The number of aliphatic carboxylic acids is 1. The molecule has 1 heterocycles. The Morgan fingerprint density at radius 1 is 0.941 bits per heavy atom. The third-order valence-corrected chi connectivity index (χ3v) is 7.55. The van der Waals surface area contributed by atoms with Crippen molar-refractivity contribution in [1.29, 1.82) is 0 Å². The molecule has 0 spiro atoms. The second-order valence-corrected chi connectivity index (χ2v) is 9.54. The Balaban J connectivity index is 1.21. The number of hydrogen-bond donors (Lipinski definition) is 2. The van der Waals surface area contributed by atoms with Gasteiger partial charge < -0.3 is 20.1 Å². The van der Waals surface area contributed by atoms with E-state index in [2.05, 4.69) is 29.6 Å². The predicted molar refractivity (Wildman–Crippen MR) is 126 cm³/mol.